The summed E-state index contributed by atoms with van der Waals surface area (Å²) in [6, 6.07) is 10.3. The second-order valence-corrected chi connectivity index (χ2v) is 6.65. The van der Waals surface area contributed by atoms with Gasteiger partial charge in [-0.25, -0.2) is 0 Å². The van der Waals surface area contributed by atoms with Crippen LogP contribution in [0.4, 0.5) is 0 Å². The monoisotopic (exact) mass is 318 g/mol. The molecule has 0 saturated carbocycles. The minimum absolute atomic E-state index is 0.0749. The Bertz CT molecular complexity index is 520. The molecule has 3 unspecified atom stereocenters. The number of aliphatic hydroxyl groups is 1. The van der Waals surface area contributed by atoms with Crippen molar-refractivity contribution in [2.45, 2.75) is 32.1 Å². The zero-order valence-corrected chi connectivity index (χ0v) is 13.7. The first-order valence-electron chi connectivity index (χ1n) is 8.48. The molecule has 5 nitrogen and oxygen atoms in total. The molecule has 2 fully saturated rings. The predicted octanol–water partition coefficient (Wildman–Crippen LogP) is 1.12. The maximum atomic E-state index is 12.7. The molecule has 5 heteroatoms. The summed E-state index contributed by atoms with van der Waals surface area (Å²) in [5.41, 5.74) is 1.26. The number of benzene rings is 1. The standard InChI is InChI=1S/C18H26N2O3/c1-14(21)16-7-8-20(12-16)18(22)17-13-19(9-10-23-17)11-15-5-3-2-4-6-15/h2-6,14,16-17,21H,7-13H2,1H3. The van der Waals surface area contributed by atoms with Crippen molar-refractivity contribution >= 4 is 5.91 Å². The van der Waals surface area contributed by atoms with Gasteiger partial charge in [0.15, 0.2) is 0 Å². The molecule has 3 atom stereocenters. The fraction of sp³-hybridized carbons (Fsp3) is 0.611. The highest BCUT2D eigenvalue weighted by atomic mass is 16.5. The number of likely N-dealkylation sites (tertiary alicyclic amines) is 1. The Morgan fingerprint density at radius 3 is 2.78 bits per heavy atom. The summed E-state index contributed by atoms with van der Waals surface area (Å²) < 4.78 is 5.72. The van der Waals surface area contributed by atoms with E-state index in [1.165, 1.54) is 5.56 Å². The second kappa shape index (κ2) is 7.43. The van der Waals surface area contributed by atoms with Gasteiger partial charge in [-0.2, -0.15) is 0 Å². The van der Waals surface area contributed by atoms with Gasteiger partial charge in [-0.05, 0) is 18.9 Å². The van der Waals surface area contributed by atoms with Crippen molar-refractivity contribution in [2.75, 3.05) is 32.8 Å². The number of hydrogen-bond acceptors (Lipinski definition) is 4. The second-order valence-electron chi connectivity index (χ2n) is 6.65. The zero-order chi connectivity index (χ0) is 16.2. The molecule has 3 rings (SSSR count). The number of carbonyl (C=O) groups excluding carboxylic acids is 1. The van der Waals surface area contributed by atoms with E-state index in [2.05, 4.69) is 17.0 Å². The number of ether oxygens (including phenoxy) is 1. The van der Waals surface area contributed by atoms with Crippen LogP contribution in [-0.2, 0) is 16.1 Å². The van der Waals surface area contributed by atoms with E-state index in [9.17, 15) is 9.90 Å². The average molecular weight is 318 g/mol. The van der Waals surface area contributed by atoms with Crippen molar-refractivity contribution < 1.29 is 14.6 Å². The summed E-state index contributed by atoms with van der Waals surface area (Å²) in [6.07, 6.45) is 0.152. The molecule has 0 bridgehead atoms. The molecular formula is C18H26N2O3. The lowest BCUT2D eigenvalue weighted by atomic mass is 10.0. The lowest BCUT2D eigenvalue weighted by Gasteiger charge is -2.34. The van der Waals surface area contributed by atoms with Gasteiger partial charge in [-0.15, -0.1) is 0 Å². The Morgan fingerprint density at radius 1 is 1.30 bits per heavy atom. The fourth-order valence-electron chi connectivity index (χ4n) is 3.42. The molecule has 1 aromatic rings. The van der Waals surface area contributed by atoms with E-state index >= 15 is 0 Å². The SMILES string of the molecule is CC(O)C1CCN(C(=O)C2CN(Cc3ccccc3)CCO2)C1. The summed E-state index contributed by atoms with van der Waals surface area (Å²) >= 11 is 0. The van der Waals surface area contributed by atoms with Crippen LogP contribution >= 0.6 is 0 Å². The van der Waals surface area contributed by atoms with E-state index in [1.54, 1.807) is 6.92 Å². The van der Waals surface area contributed by atoms with Crippen LogP contribution in [-0.4, -0.2) is 65.8 Å². The highest BCUT2D eigenvalue weighted by molar-refractivity contribution is 5.81. The molecule has 1 aromatic carbocycles. The van der Waals surface area contributed by atoms with E-state index in [0.29, 0.717) is 19.7 Å². The Labute approximate surface area is 137 Å². The number of amides is 1. The summed E-state index contributed by atoms with van der Waals surface area (Å²) in [5.74, 6) is 0.272. The van der Waals surface area contributed by atoms with E-state index < -0.39 is 0 Å². The van der Waals surface area contributed by atoms with E-state index in [0.717, 1.165) is 26.1 Å². The number of aliphatic hydroxyl groups excluding tert-OH is 1. The maximum absolute atomic E-state index is 12.7. The van der Waals surface area contributed by atoms with Crippen LogP contribution in [0, 0.1) is 5.92 Å². The molecule has 0 radical (unpaired) electrons. The lowest BCUT2D eigenvalue weighted by Crippen LogP contribution is -2.50. The molecule has 2 aliphatic heterocycles. The molecule has 0 aliphatic carbocycles. The van der Waals surface area contributed by atoms with Crippen LogP contribution in [0.25, 0.3) is 0 Å². The quantitative estimate of drug-likeness (QED) is 0.904. The van der Waals surface area contributed by atoms with Crippen LogP contribution in [0.5, 0.6) is 0 Å². The molecule has 2 aliphatic rings. The van der Waals surface area contributed by atoms with Gasteiger partial charge >= 0.3 is 0 Å². The average Bonchev–Trinajstić information content (AvgIpc) is 3.06. The third kappa shape index (κ3) is 4.10. The van der Waals surface area contributed by atoms with Gasteiger partial charge in [-0.1, -0.05) is 30.3 Å². The van der Waals surface area contributed by atoms with E-state index in [4.69, 9.17) is 4.74 Å². The van der Waals surface area contributed by atoms with Crippen molar-refractivity contribution in [3.05, 3.63) is 35.9 Å². The number of hydrogen-bond donors (Lipinski definition) is 1. The maximum Gasteiger partial charge on any atom is 0.253 e. The zero-order valence-electron chi connectivity index (χ0n) is 13.7. The van der Waals surface area contributed by atoms with Crippen molar-refractivity contribution in [2.24, 2.45) is 5.92 Å². The molecule has 2 heterocycles. The minimum Gasteiger partial charge on any atom is -0.393 e. The normalized spacial score (nSPS) is 27.1. The molecule has 1 amide bonds. The third-order valence-electron chi connectivity index (χ3n) is 4.89. The largest absolute Gasteiger partial charge is 0.393 e. The molecule has 23 heavy (non-hydrogen) atoms. The van der Waals surface area contributed by atoms with E-state index in [1.807, 2.05) is 23.1 Å². The van der Waals surface area contributed by atoms with Crippen LogP contribution < -0.4 is 0 Å². The van der Waals surface area contributed by atoms with E-state index in [-0.39, 0.29) is 24.0 Å². The summed E-state index contributed by atoms with van der Waals surface area (Å²) in [4.78, 5) is 16.8. The predicted molar refractivity (Wildman–Crippen MR) is 87.8 cm³/mol. The highest BCUT2D eigenvalue weighted by Crippen LogP contribution is 2.22. The molecule has 0 aromatic heterocycles. The summed E-state index contributed by atoms with van der Waals surface area (Å²) in [5, 5.41) is 9.69. The van der Waals surface area contributed by atoms with Gasteiger partial charge in [-0.3, -0.25) is 9.69 Å². The van der Waals surface area contributed by atoms with Gasteiger partial charge in [0.2, 0.25) is 0 Å². The molecule has 1 N–H and O–H groups in total. The molecular weight excluding hydrogens is 292 g/mol. The van der Waals surface area contributed by atoms with Gasteiger partial charge in [0.1, 0.15) is 6.10 Å². The molecule has 0 spiro atoms. The van der Waals surface area contributed by atoms with Gasteiger partial charge < -0.3 is 14.7 Å². The first-order valence-corrected chi connectivity index (χ1v) is 8.48. The first kappa shape index (κ1) is 16.4. The Morgan fingerprint density at radius 2 is 2.09 bits per heavy atom. The summed E-state index contributed by atoms with van der Waals surface area (Å²) in [7, 11) is 0. The van der Waals surface area contributed by atoms with Gasteiger partial charge in [0.05, 0.1) is 12.7 Å². The number of morpholine rings is 1. The van der Waals surface area contributed by atoms with Crippen molar-refractivity contribution in [3.8, 4) is 0 Å². The van der Waals surface area contributed by atoms with Crippen molar-refractivity contribution in [3.63, 3.8) is 0 Å². The number of rotatable bonds is 4. The van der Waals surface area contributed by atoms with Crippen LogP contribution in [0.1, 0.15) is 18.9 Å². The lowest BCUT2D eigenvalue weighted by molar-refractivity contribution is -0.148. The molecule has 126 valence electrons. The van der Waals surface area contributed by atoms with Crippen molar-refractivity contribution in [1.82, 2.24) is 9.80 Å². The topological polar surface area (TPSA) is 53.0 Å². The Kier molecular flexibility index (Phi) is 5.30. The van der Waals surface area contributed by atoms with Crippen LogP contribution in [0.3, 0.4) is 0 Å². The third-order valence-corrected chi connectivity index (χ3v) is 4.89. The Balaban J connectivity index is 1.55. The number of carbonyl (C=O) groups is 1. The van der Waals surface area contributed by atoms with Crippen molar-refractivity contribution in [1.29, 1.82) is 0 Å². The van der Waals surface area contributed by atoms with Gasteiger partial charge in [0, 0.05) is 38.6 Å². The smallest absolute Gasteiger partial charge is 0.253 e. The van der Waals surface area contributed by atoms with Crippen LogP contribution in [0.15, 0.2) is 30.3 Å². The minimum atomic E-state index is -0.375. The fourth-order valence-corrected chi connectivity index (χ4v) is 3.42. The molecule has 2 saturated heterocycles. The highest BCUT2D eigenvalue weighted by Gasteiger charge is 2.35. The first-order chi connectivity index (χ1) is 11.1. The summed E-state index contributed by atoms with van der Waals surface area (Å²) in [6.45, 7) is 6.12. The number of nitrogens with zero attached hydrogens (tertiary/aromatic N) is 2. The Hall–Kier alpha value is -1.43. The van der Waals surface area contributed by atoms with Crippen LogP contribution in [0.2, 0.25) is 0 Å². The van der Waals surface area contributed by atoms with Gasteiger partial charge in [0.25, 0.3) is 5.91 Å².